The second kappa shape index (κ2) is 1.98. The first kappa shape index (κ1) is 5.72. The predicted octanol–water partition coefficient (Wildman–Crippen LogP) is 1.35. The zero-order valence-corrected chi connectivity index (χ0v) is 6.14. The summed E-state index contributed by atoms with van der Waals surface area (Å²) < 4.78 is 0. The van der Waals surface area contributed by atoms with Gasteiger partial charge >= 0.3 is 0 Å². The number of nitrogens with zero attached hydrogens (tertiary/aromatic N) is 1. The van der Waals surface area contributed by atoms with Crippen molar-refractivity contribution in [3.8, 4) is 0 Å². The highest BCUT2D eigenvalue weighted by Crippen LogP contribution is 2.29. The Morgan fingerprint density at radius 1 is 1.33 bits per heavy atom. The van der Waals surface area contributed by atoms with Gasteiger partial charge in [0, 0.05) is 13.1 Å². The van der Waals surface area contributed by atoms with Gasteiger partial charge in [0.2, 0.25) is 0 Å². The van der Waals surface area contributed by atoms with Crippen LogP contribution in [-0.4, -0.2) is 24.5 Å². The molecule has 0 aromatic rings. The Morgan fingerprint density at radius 3 is 3.00 bits per heavy atom. The Morgan fingerprint density at radius 2 is 2.22 bits per heavy atom. The molecule has 2 unspecified atom stereocenters. The summed E-state index contributed by atoms with van der Waals surface area (Å²) in [6, 6.07) is 0. The van der Waals surface area contributed by atoms with E-state index in [4.69, 9.17) is 0 Å². The molecular formula is C8H15N. The lowest BCUT2D eigenvalue weighted by molar-refractivity contribution is 0.213. The van der Waals surface area contributed by atoms with Crippen LogP contribution < -0.4 is 0 Å². The van der Waals surface area contributed by atoms with Gasteiger partial charge in [-0.15, -0.1) is 0 Å². The van der Waals surface area contributed by atoms with E-state index in [0.29, 0.717) is 0 Å². The first-order valence-corrected chi connectivity index (χ1v) is 4.07. The van der Waals surface area contributed by atoms with Gasteiger partial charge in [-0.2, -0.15) is 0 Å². The van der Waals surface area contributed by atoms with Crippen molar-refractivity contribution < 1.29 is 0 Å². The maximum Gasteiger partial charge on any atom is 0.00104 e. The Bertz CT molecular complexity index is 99.1. The van der Waals surface area contributed by atoms with E-state index in [9.17, 15) is 0 Å². The minimum atomic E-state index is 0.978. The van der Waals surface area contributed by atoms with E-state index in [2.05, 4.69) is 11.8 Å². The van der Waals surface area contributed by atoms with E-state index in [0.717, 1.165) is 11.8 Å². The van der Waals surface area contributed by atoms with Crippen molar-refractivity contribution in [2.24, 2.45) is 11.8 Å². The predicted molar refractivity (Wildman–Crippen MR) is 38.3 cm³/mol. The molecule has 0 aliphatic carbocycles. The first-order chi connectivity index (χ1) is 4.34. The SMILES string of the molecule is CC1C[C@H]2CCN(C1)C2. The van der Waals surface area contributed by atoms with Gasteiger partial charge < -0.3 is 4.90 Å². The van der Waals surface area contributed by atoms with Crippen molar-refractivity contribution >= 4 is 0 Å². The van der Waals surface area contributed by atoms with Gasteiger partial charge in [-0.05, 0) is 31.2 Å². The van der Waals surface area contributed by atoms with Crippen LogP contribution in [-0.2, 0) is 0 Å². The van der Waals surface area contributed by atoms with E-state index in [1.54, 1.807) is 0 Å². The first-order valence-electron chi connectivity index (χ1n) is 4.07. The summed E-state index contributed by atoms with van der Waals surface area (Å²) in [5, 5.41) is 0. The van der Waals surface area contributed by atoms with Gasteiger partial charge in [0.1, 0.15) is 0 Å². The number of hydrogen-bond acceptors (Lipinski definition) is 1. The standard InChI is InChI=1S/C8H15N/c1-7-4-8-2-3-9(5-7)6-8/h7-8H,2-6H2,1H3/t7?,8-/m1/s1. The Hall–Kier alpha value is -0.0400. The summed E-state index contributed by atoms with van der Waals surface area (Å²) in [7, 11) is 0. The molecule has 2 fully saturated rings. The molecule has 9 heavy (non-hydrogen) atoms. The van der Waals surface area contributed by atoms with E-state index in [1.807, 2.05) is 0 Å². The van der Waals surface area contributed by atoms with Crippen molar-refractivity contribution in [3.63, 3.8) is 0 Å². The molecule has 52 valence electrons. The van der Waals surface area contributed by atoms with E-state index >= 15 is 0 Å². The van der Waals surface area contributed by atoms with Crippen LogP contribution in [0.5, 0.6) is 0 Å². The van der Waals surface area contributed by atoms with Crippen LogP contribution in [0.2, 0.25) is 0 Å². The Labute approximate surface area is 57.0 Å². The molecule has 0 aromatic heterocycles. The monoisotopic (exact) mass is 125 g/mol. The zero-order chi connectivity index (χ0) is 6.27. The molecule has 0 aromatic carbocycles. The molecule has 2 saturated heterocycles. The van der Waals surface area contributed by atoms with Crippen LogP contribution in [0.4, 0.5) is 0 Å². The third-order valence-electron chi connectivity index (χ3n) is 2.68. The van der Waals surface area contributed by atoms with E-state index in [-0.39, 0.29) is 0 Å². The highest BCUT2D eigenvalue weighted by Gasteiger charge is 2.29. The molecule has 1 heteroatoms. The number of rotatable bonds is 0. The lowest BCUT2D eigenvalue weighted by Crippen LogP contribution is -2.31. The molecule has 2 aliphatic rings. The normalized spacial score (nSPS) is 49.7. The van der Waals surface area contributed by atoms with E-state index in [1.165, 1.54) is 32.5 Å². The van der Waals surface area contributed by atoms with E-state index < -0.39 is 0 Å². The largest absolute Gasteiger partial charge is 0.303 e. The zero-order valence-electron chi connectivity index (χ0n) is 6.14. The van der Waals surface area contributed by atoms with Gasteiger partial charge in [0.05, 0.1) is 0 Å². The molecule has 0 N–H and O–H groups in total. The summed E-state index contributed by atoms with van der Waals surface area (Å²) in [5.41, 5.74) is 0. The number of hydrogen-bond donors (Lipinski definition) is 0. The van der Waals surface area contributed by atoms with Crippen molar-refractivity contribution in [1.29, 1.82) is 0 Å². The summed E-state index contributed by atoms with van der Waals surface area (Å²) in [4.78, 5) is 2.61. The van der Waals surface area contributed by atoms with Crippen LogP contribution in [0.15, 0.2) is 0 Å². The fraction of sp³-hybridized carbons (Fsp3) is 1.00. The van der Waals surface area contributed by atoms with Crippen molar-refractivity contribution in [3.05, 3.63) is 0 Å². The molecule has 0 spiro atoms. The number of fused-ring (bicyclic) bond motifs is 2. The highest BCUT2D eigenvalue weighted by atomic mass is 15.2. The molecule has 2 bridgehead atoms. The second-order valence-electron chi connectivity index (χ2n) is 3.76. The molecule has 0 amide bonds. The van der Waals surface area contributed by atoms with Crippen molar-refractivity contribution in [2.75, 3.05) is 19.6 Å². The maximum atomic E-state index is 2.61. The number of piperidine rings is 1. The summed E-state index contributed by atoms with van der Waals surface area (Å²) in [6.45, 7) is 6.54. The summed E-state index contributed by atoms with van der Waals surface area (Å²) in [6.07, 6.45) is 2.97. The van der Waals surface area contributed by atoms with Crippen molar-refractivity contribution in [2.45, 2.75) is 19.8 Å². The van der Waals surface area contributed by atoms with Crippen LogP contribution >= 0.6 is 0 Å². The molecule has 3 atom stereocenters. The van der Waals surface area contributed by atoms with Crippen LogP contribution in [0.3, 0.4) is 0 Å². The molecular weight excluding hydrogens is 110 g/mol. The summed E-state index contributed by atoms with van der Waals surface area (Å²) >= 11 is 0. The molecule has 0 saturated carbocycles. The van der Waals surface area contributed by atoms with Gasteiger partial charge in [-0.1, -0.05) is 6.92 Å². The third kappa shape index (κ3) is 0.983. The minimum Gasteiger partial charge on any atom is -0.303 e. The van der Waals surface area contributed by atoms with Crippen molar-refractivity contribution in [1.82, 2.24) is 4.90 Å². The molecule has 2 aliphatic heterocycles. The summed E-state index contributed by atoms with van der Waals surface area (Å²) in [5.74, 6) is 2.04. The highest BCUT2D eigenvalue weighted by molar-refractivity contribution is 4.83. The van der Waals surface area contributed by atoms with Gasteiger partial charge in [0.25, 0.3) is 0 Å². The molecule has 1 nitrogen and oxygen atoms in total. The lowest BCUT2D eigenvalue weighted by atomic mass is 9.93. The van der Waals surface area contributed by atoms with Gasteiger partial charge in [-0.25, -0.2) is 0 Å². The Kier molecular flexibility index (Phi) is 1.26. The minimum absolute atomic E-state index is 0.978. The quantitative estimate of drug-likeness (QED) is 0.472. The maximum absolute atomic E-state index is 2.61. The average molecular weight is 125 g/mol. The van der Waals surface area contributed by atoms with Gasteiger partial charge in [-0.3, -0.25) is 0 Å². The lowest BCUT2D eigenvalue weighted by Gasteiger charge is -2.26. The third-order valence-corrected chi connectivity index (χ3v) is 2.68. The van der Waals surface area contributed by atoms with Gasteiger partial charge in [0.15, 0.2) is 0 Å². The Balaban J connectivity index is 2.03. The van der Waals surface area contributed by atoms with Crippen LogP contribution in [0, 0.1) is 11.8 Å². The molecule has 2 heterocycles. The fourth-order valence-corrected chi connectivity index (χ4v) is 2.36. The topological polar surface area (TPSA) is 3.24 Å². The second-order valence-corrected chi connectivity index (χ2v) is 3.76. The smallest absolute Gasteiger partial charge is 0.00104 e. The van der Waals surface area contributed by atoms with Crippen LogP contribution in [0.25, 0.3) is 0 Å². The fourth-order valence-electron chi connectivity index (χ4n) is 2.36. The molecule has 0 radical (unpaired) electrons. The average Bonchev–Trinajstić information content (AvgIpc) is 2.11. The van der Waals surface area contributed by atoms with Crippen LogP contribution in [0.1, 0.15) is 19.8 Å². The molecule has 2 rings (SSSR count).